The van der Waals surface area contributed by atoms with Gasteiger partial charge in [-0.2, -0.15) is 0 Å². The lowest BCUT2D eigenvalue weighted by Crippen LogP contribution is -2.23. The number of amides is 1. The Morgan fingerprint density at radius 2 is 1.62 bits per heavy atom. The molecule has 2 aliphatic carbocycles. The largest absolute Gasteiger partial charge is 0.481 e. The van der Waals surface area contributed by atoms with Crippen molar-refractivity contribution in [1.29, 1.82) is 0 Å². The monoisotopic (exact) mass is 520 g/mol. The van der Waals surface area contributed by atoms with Crippen molar-refractivity contribution < 1.29 is 24.0 Å². The fourth-order valence-corrected chi connectivity index (χ4v) is 5.32. The Morgan fingerprint density at radius 3 is 2.22 bits per heavy atom. The topological polar surface area (TPSA) is 102 Å². The number of carboxylic acids is 1. The van der Waals surface area contributed by atoms with Crippen LogP contribution < -0.4 is 5.32 Å². The van der Waals surface area contributed by atoms with Crippen molar-refractivity contribution in [2.45, 2.75) is 63.9 Å². The first-order chi connectivity index (χ1) is 17.8. The number of anilines is 1. The molecule has 0 saturated heterocycles. The number of carbonyl (C=O) groups is 2. The van der Waals surface area contributed by atoms with Gasteiger partial charge in [0.1, 0.15) is 17.5 Å². The molecule has 0 radical (unpaired) electrons. The van der Waals surface area contributed by atoms with Crippen LogP contribution in [0.25, 0.3) is 22.5 Å². The second-order valence-corrected chi connectivity index (χ2v) is 10.3. The molecule has 1 aromatic heterocycles. The van der Waals surface area contributed by atoms with Crippen molar-refractivity contribution in [3.63, 3.8) is 0 Å². The predicted molar refractivity (Wildman–Crippen MR) is 142 cm³/mol. The minimum atomic E-state index is -0.760. The van der Waals surface area contributed by atoms with Crippen LogP contribution >= 0.6 is 11.6 Å². The first-order valence-corrected chi connectivity index (χ1v) is 12.9. The summed E-state index contributed by atoms with van der Waals surface area (Å²) in [6, 6.07) is 15.4. The maximum absolute atomic E-state index is 12.7. The van der Waals surface area contributed by atoms with Crippen LogP contribution in [0.1, 0.15) is 56.7 Å². The maximum atomic E-state index is 12.7. The third kappa shape index (κ3) is 5.01. The molecule has 1 unspecified atom stereocenters. The number of carbonyl (C=O) groups excluding carboxylic acids is 1. The molecule has 5 rings (SSSR count). The first kappa shape index (κ1) is 25.1. The van der Waals surface area contributed by atoms with Crippen LogP contribution in [0, 0.1) is 6.92 Å². The van der Waals surface area contributed by atoms with E-state index in [2.05, 4.69) is 10.5 Å². The minimum Gasteiger partial charge on any atom is -0.481 e. The molecule has 1 amide bonds. The lowest BCUT2D eigenvalue weighted by atomic mass is 9.93. The SMILES string of the molecule is Cc1noc(-c2ccc(-c3ccc(C4(C(=O)O)CC4)cc3)cc2)c1NC(=O)OC(C)C1=C(Cl)CCCC1. The summed E-state index contributed by atoms with van der Waals surface area (Å²) in [4.78, 5) is 24.3. The number of aliphatic carboxylic acids is 1. The van der Waals surface area contributed by atoms with E-state index in [-0.39, 0.29) is 0 Å². The molecule has 3 aromatic rings. The maximum Gasteiger partial charge on any atom is 0.412 e. The molecule has 37 heavy (non-hydrogen) atoms. The van der Waals surface area contributed by atoms with Crippen molar-refractivity contribution in [2.24, 2.45) is 0 Å². The Kier molecular flexibility index (Phi) is 6.82. The van der Waals surface area contributed by atoms with Crippen molar-refractivity contribution in [3.8, 4) is 22.5 Å². The molecule has 1 saturated carbocycles. The van der Waals surface area contributed by atoms with E-state index >= 15 is 0 Å². The van der Waals surface area contributed by atoms with E-state index in [1.165, 1.54) is 0 Å². The lowest BCUT2D eigenvalue weighted by molar-refractivity contribution is -0.140. The number of aromatic nitrogens is 1. The van der Waals surface area contributed by atoms with Gasteiger partial charge < -0.3 is 14.4 Å². The third-order valence-corrected chi connectivity index (χ3v) is 7.81. The number of carboxylic acid groups (broad SMARTS) is 1. The molecule has 2 N–H and O–H groups in total. The number of hydrogen-bond donors (Lipinski definition) is 2. The van der Waals surface area contributed by atoms with E-state index in [1.54, 1.807) is 6.92 Å². The van der Waals surface area contributed by atoms with Gasteiger partial charge in [-0.15, -0.1) is 0 Å². The lowest BCUT2D eigenvalue weighted by Gasteiger charge is -2.22. The van der Waals surface area contributed by atoms with Gasteiger partial charge in [0.25, 0.3) is 0 Å². The van der Waals surface area contributed by atoms with E-state index in [0.717, 1.165) is 58.5 Å². The second-order valence-electron chi connectivity index (χ2n) is 9.82. The zero-order valence-electron chi connectivity index (χ0n) is 20.8. The van der Waals surface area contributed by atoms with Gasteiger partial charge in [-0.25, -0.2) is 4.79 Å². The van der Waals surface area contributed by atoms with Crippen LogP contribution in [-0.4, -0.2) is 28.4 Å². The van der Waals surface area contributed by atoms with Crippen molar-refractivity contribution >= 4 is 29.4 Å². The van der Waals surface area contributed by atoms with Crippen LogP contribution in [0.2, 0.25) is 0 Å². The summed E-state index contributed by atoms with van der Waals surface area (Å²) in [6.45, 7) is 3.59. The Hall–Kier alpha value is -3.58. The second kappa shape index (κ2) is 10.1. The normalized spacial score (nSPS) is 17.3. The number of rotatable bonds is 7. The van der Waals surface area contributed by atoms with E-state index in [9.17, 15) is 14.7 Å². The highest BCUT2D eigenvalue weighted by atomic mass is 35.5. The van der Waals surface area contributed by atoms with E-state index in [0.29, 0.717) is 30.0 Å². The highest BCUT2D eigenvalue weighted by Gasteiger charge is 2.51. The van der Waals surface area contributed by atoms with Gasteiger partial charge in [0.05, 0.1) is 5.41 Å². The number of halogens is 1. The van der Waals surface area contributed by atoms with E-state index in [4.69, 9.17) is 20.9 Å². The molecular weight excluding hydrogens is 492 g/mol. The Labute approximate surface area is 220 Å². The van der Waals surface area contributed by atoms with Crippen LogP contribution in [0.3, 0.4) is 0 Å². The van der Waals surface area contributed by atoms with Crippen LogP contribution in [0.15, 0.2) is 63.7 Å². The predicted octanol–water partition coefficient (Wildman–Crippen LogP) is 7.44. The van der Waals surface area contributed by atoms with Gasteiger partial charge in [0, 0.05) is 10.6 Å². The van der Waals surface area contributed by atoms with Crippen LogP contribution in [-0.2, 0) is 14.9 Å². The van der Waals surface area contributed by atoms with Crippen molar-refractivity contribution in [2.75, 3.05) is 5.32 Å². The number of nitrogens with zero attached hydrogens (tertiary/aromatic N) is 1. The Bertz CT molecular complexity index is 1350. The summed E-state index contributed by atoms with van der Waals surface area (Å²) in [6.07, 6.45) is 4.12. The molecule has 1 fully saturated rings. The quantitative estimate of drug-likeness (QED) is 0.335. The molecular formula is C29H29ClN2O5. The van der Waals surface area contributed by atoms with Gasteiger partial charge in [-0.1, -0.05) is 65.3 Å². The number of benzene rings is 2. The highest BCUT2D eigenvalue weighted by Crippen LogP contribution is 2.48. The number of aryl methyl sites for hydroxylation is 1. The third-order valence-electron chi connectivity index (χ3n) is 7.38. The van der Waals surface area contributed by atoms with Gasteiger partial charge in [-0.05, 0) is 74.6 Å². The average Bonchev–Trinajstić information content (AvgIpc) is 3.64. The molecule has 2 aromatic carbocycles. The number of hydrogen-bond acceptors (Lipinski definition) is 5. The highest BCUT2D eigenvalue weighted by molar-refractivity contribution is 6.30. The minimum absolute atomic E-state index is 0.410. The van der Waals surface area contributed by atoms with Gasteiger partial charge in [0.2, 0.25) is 0 Å². The molecule has 0 bridgehead atoms. The van der Waals surface area contributed by atoms with Crippen LogP contribution in [0.5, 0.6) is 0 Å². The fraction of sp³-hybridized carbons (Fsp3) is 0.345. The zero-order chi connectivity index (χ0) is 26.2. The number of ether oxygens (including phenoxy) is 1. The van der Waals surface area contributed by atoms with Crippen molar-refractivity contribution in [3.05, 3.63) is 70.4 Å². The standard InChI is InChI=1S/C29H29ClN2O5/c1-17-25(31-28(35)36-18(2)23-5-3-4-6-24(23)30)26(37-32-17)21-9-7-19(8-10-21)20-11-13-22(14-12-20)29(15-16-29)27(33)34/h7-14,18H,3-6,15-16H2,1-2H3,(H,31,35)(H,33,34). The zero-order valence-corrected chi connectivity index (χ0v) is 21.6. The van der Waals surface area contributed by atoms with Gasteiger partial charge in [0.15, 0.2) is 5.76 Å². The molecule has 2 aliphatic rings. The smallest absolute Gasteiger partial charge is 0.412 e. The molecule has 8 heteroatoms. The molecule has 1 atom stereocenters. The Morgan fingerprint density at radius 1 is 1.03 bits per heavy atom. The summed E-state index contributed by atoms with van der Waals surface area (Å²) in [5.41, 5.74) is 4.83. The fourth-order valence-electron chi connectivity index (χ4n) is 4.94. The Balaban J connectivity index is 1.29. The van der Waals surface area contributed by atoms with E-state index < -0.39 is 23.6 Å². The van der Waals surface area contributed by atoms with E-state index in [1.807, 2.05) is 55.5 Å². The van der Waals surface area contributed by atoms with Gasteiger partial charge in [-0.3, -0.25) is 10.1 Å². The molecule has 0 aliphatic heterocycles. The first-order valence-electron chi connectivity index (χ1n) is 12.5. The summed E-state index contributed by atoms with van der Waals surface area (Å²) in [5, 5.41) is 17.1. The molecule has 192 valence electrons. The summed E-state index contributed by atoms with van der Waals surface area (Å²) in [5.74, 6) is -0.319. The average molecular weight is 521 g/mol. The summed E-state index contributed by atoms with van der Waals surface area (Å²) < 4.78 is 11.2. The molecule has 7 nitrogen and oxygen atoms in total. The van der Waals surface area contributed by atoms with Crippen molar-refractivity contribution in [1.82, 2.24) is 5.16 Å². The molecule has 1 heterocycles. The summed E-state index contributed by atoms with van der Waals surface area (Å²) in [7, 11) is 0. The molecule has 0 spiro atoms. The summed E-state index contributed by atoms with van der Waals surface area (Å²) >= 11 is 6.35. The van der Waals surface area contributed by atoms with Crippen LogP contribution in [0.4, 0.5) is 10.5 Å². The number of nitrogens with one attached hydrogen (secondary N) is 1. The number of allylic oxidation sites excluding steroid dienone is 1. The van der Waals surface area contributed by atoms with Gasteiger partial charge >= 0.3 is 12.1 Å².